The van der Waals surface area contributed by atoms with Crippen molar-refractivity contribution in [3.8, 4) is 5.69 Å². The van der Waals surface area contributed by atoms with Crippen LogP contribution in [-0.4, -0.2) is 50.6 Å². The van der Waals surface area contributed by atoms with Crippen LogP contribution < -0.4 is 5.32 Å². The molecule has 8 nitrogen and oxygen atoms in total. The lowest BCUT2D eigenvalue weighted by Gasteiger charge is -2.36. The molecule has 180 valence electrons. The topological polar surface area (TPSA) is 89.3 Å². The molecule has 2 aliphatic rings. The van der Waals surface area contributed by atoms with Crippen LogP contribution in [0.25, 0.3) is 5.69 Å². The average Bonchev–Trinajstić information content (AvgIpc) is 3.64. The Labute approximate surface area is 208 Å². The highest BCUT2D eigenvalue weighted by molar-refractivity contribution is 7.99. The zero-order valence-electron chi connectivity index (χ0n) is 19.9. The molecule has 1 aromatic heterocycles. The second-order valence-corrected chi connectivity index (χ2v) is 9.68. The van der Waals surface area contributed by atoms with E-state index < -0.39 is 12.0 Å². The number of aryl methyl sites for hydroxylation is 2. The second kappa shape index (κ2) is 9.58. The van der Waals surface area contributed by atoms with Crippen molar-refractivity contribution in [2.75, 3.05) is 12.9 Å². The zero-order valence-corrected chi connectivity index (χ0v) is 20.7. The van der Waals surface area contributed by atoms with Crippen molar-refractivity contribution in [2.45, 2.75) is 43.9 Å². The van der Waals surface area contributed by atoms with Crippen LogP contribution in [0.2, 0.25) is 0 Å². The van der Waals surface area contributed by atoms with Crippen LogP contribution >= 0.6 is 11.8 Å². The number of nitrogens with zero attached hydrogens (tertiary/aromatic N) is 4. The Kier molecular flexibility index (Phi) is 6.34. The minimum absolute atomic E-state index is 0.0821. The molecule has 2 amide bonds. The number of amides is 2. The first-order chi connectivity index (χ1) is 17.0. The molecule has 1 unspecified atom stereocenters. The van der Waals surface area contributed by atoms with Gasteiger partial charge in [-0.3, -0.25) is 9.47 Å². The third-order valence-corrected chi connectivity index (χ3v) is 7.19. The Morgan fingerprint density at radius 3 is 2.46 bits per heavy atom. The molecule has 1 fully saturated rings. The average molecular weight is 490 g/mol. The first-order valence-electron chi connectivity index (χ1n) is 11.6. The van der Waals surface area contributed by atoms with Gasteiger partial charge in [0.05, 0.1) is 18.7 Å². The monoisotopic (exact) mass is 489 g/mol. The fourth-order valence-corrected chi connectivity index (χ4v) is 5.38. The van der Waals surface area contributed by atoms with Gasteiger partial charge in [0.25, 0.3) is 0 Å². The van der Waals surface area contributed by atoms with Crippen molar-refractivity contribution in [1.29, 1.82) is 0 Å². The van der Waals surface area contributed by atoms with Gasteiger partial charge in [-0.15, -0.1) is 10.2 Å². The SMILES string of the molecule is COC(=O)C1=C(CSc2nnc(C)n2-c2ccc(C)cc2)N(C2CC2)C(=O)NC1c1ccccc1. The zero-order chi connectivity index (χ0) is 24.5. The van der Waals surface area contributed by atoms with Crippen LogP contribution in [-0.2, 0) is 9.53 Å². The van der Waals surface area contributed by atoms with E-state index in [1.54, 1.807) is 4.90 Å². The molecule has 1 N–H and O–H groups in total. The van der Waals surface area contributed by atoms with E-state index in [4.69, 9.17) is 4.74 Å². The number of esters is 1. The van der Waals surface area contributed by atoms with E-state index in [0.29, 0.717) is 22.2 Å². The molecule has 2 heterocycles. The number of ether oxygens (including phenoxy) is 1. The number of hydrogen-bond acceptors (Lipinski definition) is 6. The first kappa shape index (κ1) is 23.2. The van der Waals surface area contributed by atoms with Crippen molar-refractivity contribution in [1.82, 2.24) is 25.0 Å². The summed E-state index contributed by atoms with van der Waals surface area (Å²) in [6.07, 6.45) is 1.81. The van der Waals surface area contributed by atoms with Crippen molar-refractivity contribution >= 4 is 23.8 Å². The van der Waals surface area contributed by atoms with Gasteiger partial charge in [-0.1, -0.05) is 59.8 Å². The third-order valence-electron chi connectivity index (χ3n) is 6.25. The van der Waals surface area contributed by atoms with E-state index in [1.165, 1.54) is 24.4 Å². The quantitative estimate of drug-likeness (QED) is 0.393. The Bertz CT molecular complexity index is 1280. The van der Waals surface area contributed by atoms with Gasteiger partial charge in [-0.2, -0.15) is 0 Å². The summed E-state index contributed by atoms with van der Waals surface area (Å²) in [5, 5.41) is 12.4. The van der Waals surface area contributed by atoms with Crippen LogP contribution in [0.3, 0.4) is 0 Å². The van der Waals surface area contributed by atoms with E-state index in [-0.39, 0.29) is 12.1 Å². The van der Waals surface area contributed by atoms with Gasteiger partial charge in [-0.05, 0) is 44.4 Å². The molecule has 0 saturated heterocycles. The smallest absolute Gasteiger partial charge is 0.338 e. The van der Waals surface area contributed by atoms with Crippen LogP contribution in [0.4, 0.5) is 4.79 Å². The molecule has 35 heavy (non-hydrogen) atoms. The lowest BCUT2D eigenvalue weighted by molar-refractivity contribution is -0.136. The second-order valence-electron chi connectivity index (χ2n) is 8.74. The van der Waals surface area contributed by atoms with Crippen molar-refractivity contribution < 1.29 is 14.3 Å². The van der Waals surface area contributed by atoms with E-state index in [2.05, 4.69) is 15.5 Å². The normalized spacial score (nSPS) is 18.0. The van der Waals surface area contributed by atoms with Crippen LogP contribution in [0.5, 0.6) is 0 Å². The minimum Gasteiger partial charge on any atom is -0.466 e. The Morgan fingerprint density at radius 2 is 1.80 bits per heavy atom. The summed E-state index contributed by atoms with van der Waals surface area (Å²) in [6, 6.07) is 17.0. The molecule has 0 spiro atoms. The molecule has 0 bridgehead atoms. The maximum absolute atomic E-state index is 13.2. The summed E-state index contributed by atoms with van der Waals surface area (Å²) >= 11 is 1.46. The number of rotatable bonds is 7. The van der Waals surface area contributed by atoms with Gasteiger partial charge >= 0.3 is 12.0 Å². The van der Waals surface area contributed by atoms with Gasteiger partial charge < -0.3 is 10.1 Å². The number of benzene rings is 2. The summed E-state index contributed by atoms with van der Waals surface area (Å²) < 4.78 is 7.19. The molecule has 0 radical (unpaired) electrons. The molecule has 2 aromatic carbocycles. The Balaban J connectivity index is 1.55. The van der Waals surface area contributed by atoms with Gasteiger partial charge in [0.15, 0.2) is 5.16 Å². The van der Waals surface area contributed by atoms with Crippen molar-refractivity contribution in [3.05, 3.63) is 82.8 Å². The number of carbonyl (C=O) groups is 2. The molecule has 1 saturated carbocycles. The summed E-state index contributed by atoms with van der Waals surface area (Å²) in [6.45, 7) is 3.95. The number of urea groups is 1. The fraction of sp³-hybridized carbons (Fsp3) is 0.308. The van der Waals surface area contributed by atoms with Gasteiger partial charge in [-0.25, -0.2) is 9.59 Å². The van der Waals surface area contributed by atoms with Crippen molar-refractivity contribution in [3.63, 3.8) is 0 Å². The van der Waals surface area contributed by atoms with Crippen LogP contribution in [0.1, 0.15) is 35.8 Å². The Morgan fingerprint density at radius 1 is 1.09 bits per heavy atom. The molecule has 9 heteroatoms. The number of hydrogen-bond donors (Lipinski definition) is 1. The molecule has 1 atom stereocenters. The fourth-order valence-electron chi connectivity index (χ4n) is 4.35. The maximum atomic E-state index is 13.2. The molecular weight excluding hydrogens is 462 g/mol. The van der Waals surface area contributed by atoms with E-state index in [0.717, 1.165) is 29.9 Å². The summed E-state index contributed by atoms with van der Waals surface area (Å²) in [5.74, 6) is 0.694. The summed E-state index contributed by atoms with van der Waals surface area (Å²) in [5.41, 5.74) is 4.08. The van der Waals surface area contributed by atoms with E-state index in [9.17, 15) is 9.59 Å². The van der Waals surface area contributed by atoms with Crippen LogP contribution in [0.15, 0.2) is 71.0 Å². The number of methoxy groups -OCH3 is 1. The highest BCUT2D eigenvalue weighted by atomic mass is 32.2. The Hall–Kier alpha value is -3.59. The van der Waals surface area contributed by atoms with Gasteiger partial charge in [0.1, 0.15) is 5.82 Å². The van der Waals surface area contributed by atoms with Gasteiger partial charge in [0, 0.05) is 23.2 Å². The summed E-state index contributed by atoms with van der Waals surface area (Å²) in [4.78, 5) is 28.1. The lowest BCUT2D eigenvalue weighted by Crippen LogP contribution is -2.50. The largest absolute Gasteiger partial charge is 0.466 e. The number of thioether (sulfide) groups is 1. The molecule has 1 aliphatic carbocycles. The minimum atomic E-state index is -0.585. The van der Waals surface area contributed by atoms with E-state index >= 15 is 0 Å². The number of carbonyl (C=O) groups excluding carboxylic acids is 2. The van der Waals surface area contributed by atoms with Crippen LogP contribution in [0, 0.1) is 13.8 Å². The van der Waals surface area contributed by atoms with Gasteiger partial charge in [0.2, 0.25) is 0 Å². The number of nitrogens with one attached hydrogen (secondary N) is 1. The standard InChI is InChI=1S/C26H27N5O3S/c1-16-9-11-19(12-10-16)30-17(2)28-29-26(30)35-15-21-22(24(32)34-3)23(18-7-5-4-6-8-18)27-25(33)31(21)20-13-14-20/h4-12,20,23H,13-15H2,1-3H3,(H,27,33). The third kappa shape index (κ3) is 4.55. The number of aromatic nitrogens is 3. The van der Waals surface area contributed by atoms with Crippen molar-refractivity contribution in [2.24, 2.45) is 0 Å². The van der Waals surface area contributed by atoms with E-state index in [1.807, 2.05) is 73.0 Å². The predicted octanol–water partition coefficient (Wildman–Crippen LogP) is 4.33. The molecule has 3 aromatic rings. The highest BCUT2D eigenvalue weighted by Crippen LogP contribution is 2.40. The molecule has 5 rings (SSSR count). The lowest BCUT2D eigenvalue weighted by atomic mass is 9.95. The first-order valence-corrected chi connectivity index (χ1v) is 12.5. The molecular formula is C26H27N5O3S. The highest BCUT2D eigenvalue weighted by Gasteiger charge is 2.44. The molecule has 1 aliphatic heterocycles. The predicted molar refractivity (Wildman–Crippen MR) is 133 cm³/mol. The maximum Gasteiger partial charge on any atom is 0.338 e. The summed E-state index contributed by atoms with van der Waals surface area (Å²) in [7, 11) is 1.37.